The van der Waals surface area contributed by atoms with E-state index in [2.05, 4.69) is 33.9 Å². The summed E-state index contributed by atoms with van der Waals surface area (Å²) in [6, 6.07) is 9.74. The molecule has 0 aromatic heterocycles. The van der Waals surface area contributed by atoms with Crippen molar-refractivity contribution >= 4 is 44.5 Å². The highest BCUT2D eigenvalue weighted by atomic mass is 79.9. The smallest absolute Gasteiger partial charge is 0.176 e. The van der Waals surface area contributed by atoms with Gasteiger partial charge < -0.3 is 15.1 Å². The lowest BCUT2D eigenvalue weighted by atomic mass is 9.87. The second-order valence-corrected chi connectivity index (χ2v) is 6.94. The Balaban J connectivity index is 0.00000192. The molecule has 2 aromatic rings. The van der Waals surface area contributed by atoms with E-state index in [1.807, 2.05) is 18.2 Å². The van der Waals surface area contributed by atoms with Gasteiger partial charge in [0.1, 0.15) is 0 Å². The number of rotatable bonds is 1. The maximum absolute atomic E-state index is 9.99. The van der Waals surface area contributed by atoms with Gasteiger partial charge in [0.15, 0.2) is 11.5 Å². The van der Waals surface area contributed by atoms with Crippen molar-refractivity contribution in [2.45, 2.75) is 12.3 Å². The SMILES string of the molecule is Br.CN1CCc2c(cc(O)c(O)c2Cl)C(c2ccccc2Br)C1. The van der Waals surface area contributed by atoms with Crippen LogP contribution in [-0.4, -0.2) is 35.3 Å². The summed E-state index contributed by atoms with van der Waals surface area (Å²) in [5.74, 6) is -0.303. The Morgan fingerprint density at radius 3 is 2.61 bits per heavy atom. The lowest BCUT2D eigenvalue weighted by Crippen LogP contribution is -2.24. The number of aromatic hydroxyl groups is 2. The van der Waals surface area contributed by atoms with Gasteiger partial charge >= 0.3 is 0 Å². The quantitative estimate of drug-likeness (QED) is 0.602. The number of phenols is 2. The van der Waals surface area contributed by atoms with E-state index in [4.69, 9.17) is 11.6 Å². The summed E-state index contributed by atoms with van der Waals surface area (Å²) in [7, 11) is 2.07. The third-order valence-corrected chi connectivity index (χ3v) is 5.38. The number of hydrogen-bond donors (Lipinski definition) is 2. The van der Waals surface area contributed by atoms with Crippen LogP contribution in [0.1, 0.15) is 22.6 Å². The fourth-order valence-electron chi connectivity index (χ4n) is 3.08. The number of benzene rings is 2. The molecular formula is C17H18Br2ClNO2. The van der Waals surface area contributed by atoms with Crippen LogP contribution in [0.5, 0.6) is 11.5 Å². The van der Waals surface area contributed by atoms with E-state index in [0.717, 1.165) is 40.7 Å². The average molecular weight is 464 g/mol. The Labute approximate surface area is 159 Å². The molecule has 1 aliphatic heterocycles. The predicted octanol–water partition coefficient (Wildman–Crippen LogP) is 4.71. The molecule has 0 amide bonds. The van der Waals surface area contributed by atoms with Crippen molar-refractivity contribution in [3.05, 3.63) is 56.5 Å². The number of hydrogen-bond acceptors (Lipinski definition) is 3. The molecule has 3 rings (SSSR count). The van der Waals surface area contributed by atoms with Crippen molar-refractivity contribution in [2.24, 2.45) is 0 Å². The molecule has 1 aliphatic rings. The first-order valence-electron chi connectivity index (χ1n) is 7.15. The second kappa shape index (κ2) is 7.43. The molecule has 23 heavy (non-hydrogen) atoms. The summed E-state index contributed by atoms with van der Waals surface area (Å²) in [5, 5.41) is 20.2. The van der Waals surface area contributed by atoms with E-state index in [-0.39, 0.29) is 39.4 Å². The minimum Gasteiger partial charge on any atom is -0.504 e. The Morgan fingerprint density at radius 1 is 1.22 bits per heavy atom. The molecule has 1 unspecified atom stereocenters. The number of halogens is 3. The fraction of sp³-hybridized carbons (Fsp3) is 0.294. The topological polar surface area (TPSA) is 43.7 Å². The van der Waals surface area contributed by atoms with Crippen LogP contribution in [-0.2, 0) is 6.42 Å². The van der Waals surface area contributed by atoms with Gasteiger partial charge in [0.25, 0.3) is 0 Å². The molecule has 0 bridgehead atoms. The van der Waals surface area contributed by atoms with Crippen LogP contribution in [0, 0.1) is 0 Å². The van der Waals surface area contributed by atoms with Crippen LogP contribution >= 0.6 is 44.5 Å². The van der Waals surface area contributed by atoms with Crippen LogP contribution in [0.15, 0.2) is 34.8 Å². The number of fused-ring (bicyclic) bond motifs is 1. The molecule has 3 nitrogen and oxygen atoms in total. The molecule has 2 N–H and O–H groups in total. The van der Waals surface area contributed by atoms with Gasteiger partial charge in [0, 0.05) is 23.5 Å². The molecule has 1 heterocycles. The number of nitrogens with zero attached hydrogens (tertiary/aromatic N) is 1. The summed E-state index contributed by atoms with van der Waals surface area (Å²) in [6.07, 6.45) is 0.749. The Morgan fingerprint density at radius 2 is 1.91 bits per heavy atom. The van der Waals surface area contributed by atoms with Crippen LogP contribution in [0.3, 0.4) is 0 Å². The normalized spacial score (nSPS) is 18.0. The van der Waals surface area contributed by atoms with Gasteiger partial charge in [-0.1, -0.05) is 45.7 Å². The lowest BCUT2D eigenvalue weighted by Gasteiger charge is -2.23. The Hall–Kier alpha value is -0.750. The highest BCUT2D eigenvalue weighted by Crippen LogP contribution is 2.44. The van der Waals surface area contributed by atoms with Gasteiger partial charge in [-0.15, -0.1) is 17.0 Å². The molecule has 6 heteroatoms. The maximum Gasteiger partial charge on any atom is 0.176 e. The third kappa shape index (κ3) is 3.53. The zero-order valence-corrected chi connectivity index (χ0v) is 16.6. The molecule has 0 radical (unpaired) electrons. The maximum atomic E-state index is 9.99. The molecule has 0 saturated heterocycles. The number of likely N-dealkylation sites (N-methyl/N-ethyl adjacent to an activating group) is 1. The first-order valence-corrected chi connectivity index (χ1v) is 8.32. The van der Waals surface area contributed by atoms with Crippen molar-refractivity contribution in [3.63, 3.8) is 0 Å². The van der Waals surface area contributed by atoms with Gasteiger partial charge in [0.2, 0.25) is 0 Å². The number of phenolic OH excluding ortho intramolecular Hbond substituents is 2. The van der Waals surface area contributed by atoms with Gasteiger partial charge in [-0.2, -0.15) is 0 Å². The van der Waals surface area contributed by atoms with E-state index in [1.165, 1.54) is 0 Å². The lowest BCUT2D eigenvalue weighted by molar-refractivity contribution is 0.337. The van der Waals surface area contributed by atoms with Crippen LogP contribution in [0.4, 0.5) is 0 Å². The predicted molar refractivity (Wildman–Crippen MR) is 102 cm³/mol. The van der Waals surface area contributed by atoms with E-state index >= 15 is 0 Å². The van der Waals surface area contributed by atoms with E-state index in [9.17, 15) is 10.2 Å². The minimum atomic E-state index is -0.226. The van der Waals surface area contributed by atoms with Crippen molar-refractivity contribution in [1.82, 2.24) is 4.90 Å². The zero-order chi connectivity index (χ0) is 15.9. The van der Waals surface area contributed by atoms with Gasteiger partial charge in [0.05, 0.1) is 5.02 Å². The molecule has 1 atom stereocenters. The molecule has 0 saturated carbocycles. The average Bonchev–Trinajstić information content (AvgIpc) is 2.65. The fourth-order valence-corrected chi connectivity index (χ4v) is 3.94. The zero-order valence-electron chi connectivity index (χ0n) is 12.6. The monoisotopic (exact) mass is 461 g/mol. The van der Waals surface area contributed by atoms with Crippen molar-refractivity contribution < 1.29 is 10.2 Å². The van der Waals surface area contributed by atoms with Crippen LogP contribution in [0.25, 0.3) is 0 Å². The summed E-state index contributed by atoms with van der Waals surface area (Å²) >= 11 is 9.91. The van der Waals surface area contributed by atoms with Crippen LogP contribution in [0.2, 0.25) is 5.02 Å². The Bertz CT molecular complexity index is 724. The third-order valence-electron chi connectivity index (χ3n) is 4.25. The van der Waals surface area contributed by atoms with Gasteiger partial charge in [-0.05, 0) is 42.3 Å². The highest BCUT2D eigenvalue weighted by molar-refractivity contribution is 9.10. The summed E-state index contributed by atoms with van der Waals surface area (Å²) in [5.41, 5.74) is 3.05. The van der Waals surface area contributed by atoms with E-state index in [0.29, 0.717) is 0 Å². The van der Waals surface area contributed by atoms with Crippen molar-refractivity contribution in [3.8, 4) is 11.5 Å². The largest absolute Gasteiger partial charge is 0.504 e. The molecule has 0 fully saturated rings. The summed E-state index contributed by atoms with van der Waals surface area (Å²) < 4.78 is 1.03. The van der Waals surface area contributed by atoms with Crippen LogP contribution < -0.4 is 0 Å². The summed E-state index contributed by atoms with van der Waals surface area (Å²) in [6.45, 7) is 1.69. The van der Waals surface area contributed by atoms with Gasteiger partial charge in [-0.25, -0.2) is 0 Å². The standard InChI is InChI=1S/C17H17BrClNO2.BrH/c1-20-7-6-11-12(8-15(21)17(22)16(11)19)13(9-20)10-4-2-3-5-14(10)18;/h2-5,8,13,21-22H,6-7,9H2,1H3;1H. The molecule has 0 aliphatic carbocycles. The molecule has 0 spiro atoms. The first kappa shape index (κ1) is 18.6. The van der Waals surface area contributed by atoms with Gasteiger partial charge in [-0.3, -0.25) is 0 Å². The Kier molecular flexibility index (Phi) is 6.00. The first-order chi connectivity index (χ1) is 10.5. The van der Waals surface area contributed by atoms with Crippen molar-refractivity contribution in [1.29, 1.82) is 0 Å². The second-order valence-electron chi connectivity index (χ2n) is 5.71. The van der Waals surface area contributed by atoms with E-state index < -0.39 is 0 Å². The minimum absolute atomic E-state index is 0. The van der Waals surface area contributed by atoms with Crippen molar-refractivity contribution in [2.75, 3.05) is 20.1 Å². The summed E-state index contributed by atoms with van der Waals surface area (Å²) in [4.78, 5) is 2.24. The molecule has 2 aromatic carbocycles. The molecule has 124 valence electrons. The van der Waals surface area contributed by atoms with E-state index in [1.54, 1.807) is 6.07 Å². The molecular weight excluding hydrogens is 445 g/mol. The highest BCUT2D eigenvalue weighted by Gasteiger charge is 2.28.